The largest absolute Gasteiger partial charge is 0.310 e. The van der Waals surface area contributed by atoms with Gasteiger partial charge in [-0.05, 0) is 75.8 Å². The van der Waals surface area contributed by atoms with Crippen molar-refractivity contribution in [2.24, 2.45) is 0 Å². The summed E-state index contributed by atoms with van der Waals surface area (Å²) >= 11 is 5.89. The second kappa shape index (κ2) is 9.69. The quantitative estimate of drug-likeness (QED) is 0.189. The van der Waals surface area contributed by atoms with Gasteiger partial charge < -0.3 is 4.90 Å². The van der Waals surface area contributed by atoms with Crippen LogP contribution in [0.4, 0.5) is 17.1 Å². The van der Waals surface area contributed by atoms with Gasteiger partial charge in [-0.1, -0.05) is 121 Å². The Bertz CT molecular complexity index is 2120. The number of benzene rings is 6. The molecule has 42 heavy (non-hydrogen) atoms. The maximum absolute atomic E-state index is 4.03. The Morgan fingerprint density at radius 3 is 2.05 bits per heavy atom. The lowest BCUT2D eigenvalue weighted by atomic mass is 9.82. The Kier molecular flexibility index (Phi) is 5.89. The van der Waals surface area contributed by atoms with Crippen molar-refractivity contribution in [3.05, 3.63) is 149 Å². The molecule has 0 atom stereocenters. The standard InChI is InChI=1S/C39H28BrNS/c1-39(2)34-14-8-6-12-30(34)33-22-29(23-35(40)38(33)39)41(27-18-16-26(17-19-27)25-10-4-3-5-11-25)28-20-21-32-31-13-7-9-15-36(31)42-37(32)24-28/h3-24H,1-2H3. The first kappa shape index (κ1) is 25.5. The molecule has 0 amide bonds. The molecule has 0 aliphatic heterocycles. The molecule has 0 N–H and O–H groups in total. The van der Waals surface area contributed by atoms with Crippen molar-refractivity contribution < 1.29 is 0 Å². The van der Waals surface area contributed by atoms with Gasteiger partial charge in [-0.3, -0.25) is 0 Å². The molecule has 6 aromatic carbocycles. The molecular formula is C39H28BrNS. The van der Waals surface area contributed by atoms with Crippen molar-refractivity contribution in [1.29, 1.82) is 0 Å². The van der Waals surface area contributed by atoms with E-state index in [1.807, 2.05) is 11.3 Å². The van der Waals surface area contributed by atoms with Crippen LogP contribution in [0.15, 0.2) is 138 Å². The Hall–Kier alpha value is -4.18. The summed E-state index contributed by atoms with van der Waals surface area (Å²) in [7, 11) is 0. The minimum Gasteiger partial charge on any atom is -0.310 e. The van der Waals surface area contributed by atoms with Gasteiger partial charge >= 0.3 is 0 Å². The van der Waals surface area contributed by atoms with E-state index in [0.717, 1.165) is 21.5 Å². The van der Waals surface area contributed by atoms with Crippen LogP contribution in [0, 0.1) is 0 Å². The van der Waals surface area contributed by atoms with Crippen LogP contribution in [0.3, 0.4) is 0 Å². The Morgan fingerprint density at radius 2 is 1.21 bits per heavy atom. The summed E-state index contributed by atoms with van der Waals surface area (Å²) < 4.78 is 3.76. The second-order valence-electron chi connectivity index (χ2n) is 11.5. The van der Waals surface area contributed by atoms with Gasteiger partial charge in [-0.2, -0.15) is 0 Å². The van der Waals surface area contributed by atoms with E-state index in [1.54, 1.807) is 0 Å². The third-order valence-corrected chi connectivity index (χ3v) is 10.5. The summed E-state index contributed by atoms with van der Waals surface area (Å²) in [5, 5.41) is 2.63. The number of hydrogen-bond donors (Lipinski definition) is 0. The highest BCUT2D eigenvalue weighted by Gasteiger charge is 2.37. The fraction of sp³-hybridized carbons (Fsp3) is 0.0769. The summed E-state index contributed by atoms with van der Waals surface area (Å²) in [5.74, 6) is 0. The average molecular weight is 623 g/mol. The predicted octanol–water partition coefficient (Wildman–Crippen LogP) is 12.3. The van der Waals surface area contributed by atoms with E-state index in [1.165, 1.54) is 53.6 Å². The third kappa shape index (κ3) is 3.95. The van der Waals surface area contributed by atoms with E-state index in [9.17, 15) is 0 Å². The molecule has 7 aromatic rings. The molecule has 1 aliphatic carbocycles. The zero-order valence-corrected chi connectivity index (χ0v) is 25.8. The molecular weight excluding hydrogens is 594 g/mol. The molecule has 0 saturated carbocycles. The van der Waals surface area contributed by atoms with Crippen LogP contribution in [0.5, 0.6) is 0 Å². The normalized spacial score (nSPS) is 13.3. The monoisotopic (exact) mass is 621 g/mol. The summed E-state index contributed by atoms with van der Waals surface area (Å²) in [6.45, 7) is 4.66. The molecule has 0 fully saturated rings. The SMILES string of the molecule is CC1(C)c2ccccc2-c2cc(N(c3ccc(-c4ccccc4)cc3)c3ccc4c(c3)sc3ccccc34)cc(Br)c21. The molecule has 0 unspecified atom stereocenters. The summed E-state index contributed by atoms with van der Waals surface area (Å²) in [5.41, 5.74) is 11.1. The first-order valence-corrected chi connectivity index (χ1v) is 15.9. The van der Waals surface area contributed by atoms with E-state index >= 15 is 0 Å². The number of hydrogen-bond acceptors (Lipinski definition) is 2. The van der Waals surface area contributed by atoms with Crippen LogP contribution in [0.1, 0.15) is 25.0 Å². The van der Waals surface area contributed by atoms with Crippen LogP contribution in [0.2, 0.25) is 0 Å². The molecule has 0 radical (unpaired) electrons. The lowest BCUT2D eigenvalue weighted by Crippen LogP contribution is -2.16. The van der Waals surface area contributed by atoms with Gasteiger partial charge in [-0.15, -0.1) is 11.3 Å². The van der Waals surface area contributed by atoms with Gasteiger partial charge in [0.25, 0.3) is 0 Å². The average Bonchev–Trinajstić information content (AvgIpc) is 3.50. The van der Waals surface area contributed by atoms with Gasteiger partial charge in [0.15, 0.2) is 0 Å². The van der Waals surface area contributed by atoms with Gasteiger partial charge in [0, 0.05) is 47.1 Å². The van der Waals surface area contributed by atoms with Gasteiger partial charge in [0.05, 0.1) is 0 Å². The smallest absolute Gasteiger partial charge is 0.0479 e. The maximum Gasteiger partial charge on any atom is 0.0479 e. The number of fused-ring (bicyclic) bond motifs is 6. The molecule has 1 aromatic heterocycles. The summed E-state index contributed by atoms with van der Waals surface area (Å²) in [6, 6.07) is 48.7. The van der Waals surface area contributed by atoms with Crippen molar-refractivity contribution in [3.63, 3.8) is 0 Å². The lowest BCUT2D eigenvalue weighted by molar-refractivity contribution is 0.657. The Morgan fingerprint density at radius 1 is 0.548 bits per heavy atom. The van der Waals surface area contributed by atoms with Crippen LogP contribution >= 0.6 is 27.3 Å². The zero-order chi connectivity index (χ0) is 28.4. The molecule has 8 rings (SSSR count). The fourth-order valence-electron chi connectivity index (χ4n) is 6.70. The first-order chi connectivity index (χ1) is 20.5. The van der Waals surface area contributed by atoms with Gasteiger partial charge in [0.2, 0.25) is 0 Å². The van der Waals surface area contributed by atoms with Crippen LogP contribution in [-0.4, -0.2) is 0 Å². The van der Waals surface area contributed by atoms with Crippen molar-refractivity contribution in [1.82, 2.24) is 0 Å². The van der Waals surface area contributed by atoms with E-state index in [-0.39, 0.29) is 5.41 Å². The molecule has 0 bridgehead atoms. The van der Waals surface area contributed by atoms with Gasteiger partial charge in [-0.25, -0.2) is 0 Å². The molecule has 1 heterocycles. The van der Waals surface area contributed by atoms with Gasteiger partial charge in [0.1, 0.15) is 0 Å². The number of anilines is 3. The van der Waals surface area contributed by atoms with E-state index in [4.69, 9.17) is 0 Å². The molecule has 202 valence electrons. The molecule has 3 heteroatoms. The first-order valence-electron chi connectivity index (χ1n) is 14.3. The Balaban J connectivity index is 1.33. The number of thiophene rings is 1. The van der Waals surface area contributed by atoms with Crippen LogP contribution < -0.4 is 4.90 Å². The number of halogens is 1. The highest BCUT2D eigenvalue weighted by molar-refractivity contribution is 9.10. The molecule has 0 saturated heterocycles. The lowest BCUT2D eigenvalue weighted by Gasteiger charge is -2.28. The molecule has 0 spiro atoms. The van der Waals surface area contributed by atoms with Crippen LogP contribution in [-0.2, 0) is 5.41 Å². The van der Waals surface area contributed by atoms with Crippen LogP contribution in [0.25, 0.3) is 42.4 Å². The number of nitrogens with zero attached hydrogens (tertiary/aromatic N) is 1. The topological polar surface area (TPSA) is 3.24 Å². The molecule has 1 aliphatic rings. The second-order valence-corrected chi connectivity index (χ2v) is 13.5. The van der Waals surface area contributed by atoms with Crippen molar-refractivity contribution in [2.45, 2.75) is 19.3 Å². The molecule has 1 nitrogen and oxygen atoms in total. The predicted molar refractivity (Wildman–Crippen MR) is 185 cm³/mol. The van der Waals surface area contributed by atoms with E-state index in [2.05, 4.69) is 168 Å². The minimum absolute atomic E-state index is 0.0680. The van der Waals surface area contributed by atoms with Crippen molar-refractivity contribution >= 4 is 64.5 Å². The van der Waals surface area contributed by atoms with Crippen molar-refractivity contribution in [3.8, 4) is 22.3 Å². The van der Waals surface area contributed by atoms with E-state index in [0.29, 0.717) is 0 Å². The maximum atomic E-state index is 4.03. The summed E-state index contributed by atoms with van der Waals surface area (Å²) in [6.07, 6.45) is 0. The highest BCUT2D eigenvalue weighted by Crippen LogP contribution is 2.53. The Labute approximate surface area is 258 Å². The summed E-state index contributed by atoms with van der Waals surface area (Å²) in [4.78, 5) is 2.40. The van der Waals surface area contributed by atoms with Crippen molar-refractivity contribution in [2.75, 3.05) is 4.90 Å². The minimum atomic E-state index is -0.0680. The number of rotatable bonds is 4. The zero-order valence-electron chi connectivity index (χ0n) is 23.4. The van der Waals surface area contributed by atoms with E-state index < -0.39 is 0 Å². The third-order valence-electron chi connectivity index (χ3n) is 8.70. The highest BCUT2D eigenvalue weighted by atomic mass is 79.9. The fourth-order valence-corrected chi connectivity index (χ4v) is 8.78.